The van der Waals surface area contributed by atoms with E-state index in [0.717, 1.165) is 12.5 Å². The Bertz CT molecular complexity index is 160. The molecule has 14 heavy (non-hydrogen) atoms. The van der Waals surface area contributed by atoms with Crippen LogP contribution in [0.3, 0.4) is 0 Å². The molecular formula is C12H26N2. The maximum absolute atomic E-state index is 5.97. The first-order valence-electron chi connectivity index (χ1n) is 6.01. The summed E-state index contributed by atoms with van der Waals surface area (Å²) < 4.78 is 0. The fourth-order valence-electron chi connectivity index (χ4n) is 2.19. The fraction of sp³-hybridized carbons (Fsp3) is 1.00. The highest BCUT2D eigenvalue weighted by atomic mass is 15.0. The van der Waals surface area contributed by atoms with E-state index in [4.69, 9.17) is 5.73 Å². The molecule has 2 unspecified atom stereocenters. The van der Waals surface area contributed by atoms with Gasteiger partial charge in [0.15, 0.2) is 0 Å². The summed E-state index contributed by atoms with van der Waals surface area (Å²) in [5.41, 5.74) is 5.90. The van der Waals surface area contributed by atoms with Crippen molar-refractivity contribution in [1.82, 2.24) is 5.32 Å². The molecule has 0 spiro atoms. The minimum absolute atomic E-state index is 0.0774. The maximum atomic E-state index is 5.97. The lowest BCUT2D eigenvalue weighted by Crippen LogP contribution is -2.48. The Morgan fingerprint density at radius 3 is 2.50 bits per heavy atom. The van der Waals surface area contributed by atoms with Crippen LogP contribution in [-0.4, -0.2) is 18.1 Å². The third kappa shape index (κ3) is 4.43. The molecule has 2 atom stereocenters. The Morgan fingerprint density at radius 1 is 1.21 bits per heavy atom. The van der Waals surface area contributed by atoms with Gasteiger partial charge in [-0.3, -0.25) is 0 Å². The van der Waals surface area contributed by atoms with Gasteiger partial charge in [0, 0.05) is 18.1 Å². The second-order valence-electron chi connectivity index (χ2n) is 5.59. The molecule has 0 aromatic rings. The first kappa shape index (κ1) is 12.0. The van der Waals surface area contributed by atoms with E-state index in [0.29, 0.717) is 6.04 Å². The summed E-state index contributed by atoms with van der Waals surface area (Å²) in [6, 6.07) is 0.695. The zero-order valence-electron chi connectivity index (χ0n) is 9.97. The molecule has 2 heteroatoms. The lowest BCUT2D eigenvalue weighted by molar-refractivity contribution is 0.327. The molecule has 0 amide bonds. The zero-order valence-corrected chi connectivity index (χ0v) is 9.97. The molecule has 3 N–H and O–H groups in total. The smallest absolute Gasteiger partial charge is 0.0223 e. The van der Waals surface area contributed by atoms with Crippen LogP contribution in [0.1, 0.15) is 52.9 Å². The number of nitrogens with one attached hydrogen (secondary N) is 1. The minimum Gasteiger partial charge on any atom is -0.324 e. The molecule has 84 valence electrons. The molecule has 1 fully saturated rings. The van der Waals surface area contributed by atoms with Crippen LogP contribution in [0.4, 0.5) is 0 Å². The molecule has 1 aliphatic rings. The van der Waals surface area contributed by atoms with E-state index in [1.54, 1.807) is 0 Å². The van der Waals surface area contributed by atoms with Crippen molar-refractivity contribution in [3.05, 3.63) is 0 Å². The van der Waals surface area contributed by atoms with E-state index < -0.39 is 0 Å². The molecule has 0 bridgehead atoms. The largest absolute Gasteiger partial charge is 0.324 e. The van der Waals surface area contributed by atoms with Crippen molar-refractivity contribution in [2.75, 3.05) is 6.54 Å². The topological polar surface area (TPSA) is 38.0 Å². The molecular weight excluding hydrogens is 172 g/mol. The summed E-state index contributed by atoms with van der Waals surface area (Å²) in [7, 11) is 0. The average Bonchev–Trinajstić information content (AvgIpc) is 2.25. The predicted octanol–water partition coefficient (Wildman–Crippen LogP) is 2.28. The van der Waals surface area contributed by atoms with Crippen LogP contribution < -0.4 is 11.1 Å². The molecule has 1 aliphatic carbocycles. The van der Waals surface area contributed by atoms with Gasteiger partial charge in [0.25, 0.3) is 0 Å². The van der Waals surface area contributed by atoms with E-state index in [2.05, 4.69) is 26.1 Å². The molecule has 0 radical (unpaired) electrons. The van der Waals surface area contributed by atoms with Crippen LogP contribution >= 0.6 is 0 Å². The van der Waals surface area contributed by atoms with Crippen LogP contribution in [0, 0.1) is 5.92 Å². The predicted molar refractivity (Wildman–Crippen MR) is 62.3 cm³/mol. The van der Waals surface area contributed by atoms with Gasteiger partial charge in [-0.1, -0.05) is 26.2 Å². The normalized spacial score (nSPS) is 30.0. The quantitative estimate of drug-likeness (QED) is 0.683. The Labute approximate surface area is 88.6 Å². The molecule has 0 aromatic carbocycles. The van der Waals surface area contributed by atoms with E-state index in [-0.39, 0.29) is 5.54 Å². The summed E-state index contributed by atoms with van der Waals surface area (Å²) in [5, 5.41) is 3.63. The van der Waals surface area contributed by atoms with Gasteiger partial charge in [-0.15, -0.1) is 0 Å². The van der Waals surface area contributed by atoms with Gasteiger partial charge in [-0.25, -0.2) is 0 Å². The SMILES string of the molecule is CC1CCCCCC1NCC(C)(C)N. The molecule has 0 aliphatic heterocycles. The lowest BCUT2D eigenvalue weighted by Gasteiger charge is -2.27. The van der Waals surface area contributed by atoms with Gasteiger partial charge in [0.2, 0.25) is 0 Å². The van der Waals surface area contributed by atoms with Crippen LogP contribution in [0.15, 0.2) is 0 Å². The second kappa shape index (κ2) is 5.13. The third-order valence-corrected chi connectivity index (χ3v) is 3.18. The Hall–Kier alpha value is -0.0800. The summed E-state index contributed by atoms with van der Waals surface area (Å²) in [5.74, 6) is 0.819. The summed E-state index contributed by atoms with van der Waals surface area (Å²) in [6.45, 7) is 7.47. The Kier molecular flexibility index (Phi) is 4.39. The van der Waals surface area contributed by atoms with Crippen molar-refractivity contribution in [2.24, 2.45) is 11.7 Å². The first-order valence-corrected chi connectivity index (χ1v) is 6.01. The molecule has 0 heterocycles. The van der Waals surface area contributed by atoms with Crippen LogP contribution in [-0.2, 0) is 0 Å². The molecule has 2 nitrogen and oxygen atoms in total. The maximum Gasteiger partial charge on any atom is 0.0223 e. The molecule has 0 saturated heterocycles. The van der Waals surface area contributed by atoms with E-state index in [1.807, 2.05) is 0 Å². The van der Waals surface area contributed by atoms with Crippen molar-refractivity contribution in [1.29, 1.82) is 0 Å². The van der Waals surface area contributed by atoms with Gasteiger partial charge in [-0.2, -0.15) is 0 Å². The third-order valence-electron chi connectivity index (χ3n) is 3.18. The monoisotopic (exact) mass is 198 g/mol. The van der Waals surface area contributed by atoms with Gasteiger partial charge < -0.3 is 11.1 Å². The molecule has 1 saturated carbocycles. The van der Waals surface area contributed by atoms with Gasteiger partial charge in [0.1, 0.15) is 0 Å². The van der Waals surface area contributed by atoms with Crippen molar-refractivity contribution in [2.45, 2.75) is 64.5 Å². The Balaban J connectivity index is 2.33. The first-order chi connectivity index (χ1) is 6.49. The van der Waals surface area contributed by atoms with E-state index >= 15 is 0 Å². The van der Waals surface area contributed by atoms with Crippen molar-refractivity contribution >= 4 is 0 Å². The van der Waals surface area contributed by atoms with Gasteiger partial charge >= 0.3 is 0 Å². The Morgan fingerprint density at radius 2 is 1.86 bits per heavy atom. The van der Waals surface area contributed by atoms with E-state index in [1.165, 1.54) is 32.1 Å². The lowest BCUT2D eigenvalue weighted by atomic mass is 9.96. The number of nitrogens with two attached hydrogens (primary N) is 1. The summed E-state index contributed by atoms with van der Waals surface area (Å²) in [4.78, 5) is 0. The molecule has 1 rings (SSSR count). The van der Waals surface area contributed by atoms with Crippen molar-refractivity contribution in [3.8, 4) is 0 Å². The van der Waals surface area contributed by atoms with Crippen molar-refractivity contribution in [3.63, 3.8) is 0 Å². The van der Waals surface area contributed by atoms with Crippen LogP contribution in [0.25, 0.3) is 0 Å². The summed E-state index contributed by atoms with van der Waals surface area (Å²) >= 11 is 0. The second-order valence-corrected chi connectivity index (χ2v) is 5.59. The number of hydrogen-bond acceptors (Lipinski definition) is 2. The van der Waals surface area contributed by atoms with Crippen LogP contribution in [0.5, 0.6) is 0 Å². The van der Waals surface area contributed by atoms with E-state index in [9.17, 15) is 0 Å². The number of rotatable bonds is 3. The highest BCUT2D eigenvalue weighted by Crippen LogP contribution is 2.22. The minimum atomic E-state index is -0.0774. The van der Waals surface area contributed by atoms with Crippen molar-refractivity contribution < 1.29 is 0 Å². The van der Waals surface area contributed by atoms with Crippen LogP contribution in [0.2, 0.25) is 0 Å². The standard InChI is InChI=1S/C12H26N2/c1-10-7-5-4-6-8-11(10)14-9-12(2,3)13/h10-11,14H,4-9,13H2,1-3H3. The highest BCUT2D eigenvalue weighted by molar-refractivity contribution is 4.82. The van der Waals surface area contributed by atoms with Gasteiger partial charge in [-0.05, 0) is 32.6 Å². The fourth-order valence-corrected chi connectivity index (χ4v) is 2.19. The molecule has 0 aromatic heterocycles. The highest BCUT2D eigenvalue weighted by Gasteiger charge is 2.21. The summed E-state index contributed by atoms with van der Waals surface area (Å²) in [6.07, 6.45) is 6.91. The van der Waals surface area contributed by atoms with Gasteiger partial charge in [0.05, 0.1) is 0 Å². The zero-order chi connectivity index (χ0) is 10.6. The number of hydrogen-bond donors (Lipinski definition) is 2. The average molecular weight is 198 g/mol.